The van der Waals surface area contributed by atoms with E-state index in [0.29, 0.717) is 15.2 Å². The van der Waals surface area contributed by atoms with Gasteiger partial charge in [0.05, 0.1) is 9.95 Å². The highest BCUT2D eigenvalue weighted by atomic mass is 79.9. The number of hydrogen-bond donors (Lipinski definition) is 2. The molecule has 2 N–H and O–H groups in total. The molecule has 0 atom stereocenters. The molecule has 0 amide bonds. The smallest absolute Gasteiger partial charge is 0.354 e. The van der Waals surface area contributed by atoms with Gasteiger partial charge in [0.1, 0.15) is 0 Å². The molecule has 0 radical (unpaired) electrons. The fourth-order valence-corrected chi connectivity index (χ4v) is 1.95. The molecule has 0 fully saturated rings. The Bertz CT molecular complexity index is 738. The van der Waals surface area contributed by atoms with Crippen molar-refractivity contribution >= 4 is 50.7 Å². The molecule has 21 heavy (non-hydrogen) atoms. The molecule has 2 rings (SSSR count). The van der Waals surface area contributed by atoms with Gasteiger partial charge in [-0.3, -0.25) is 10.1 Å². The van der Waals surface area contributed by atoms with E-state index in [-0.39, 0.29) is 17.2 Å². The standard InChI is InChI=1S/C12H7BrClN3O4/c13-7-2-1-6(5-8(7)14)15-11-10(17(20)21)4-3-9(16-11)12(18)19/h1-5H,(H,15,16)(H,18,19). The van der Waals surface area contributed by atoms with Gasteiger partial charge in [-0.2, -0.15) is 0 Å². The van der Waals surface area contributed by atoms with E-state index in [9.17, 15) is 14.9 Å². The molecule has 7 nitrogen and oxygen atoms in total. The quantitative estimate of drug-likeness (QED) is 0.624. The van der Waals surface area contributed by atoms with Crippen molar-refractivity contribution in [3.63, 3.8) is 0 Å². The molecule has 1 aromatic heterocycles. The first-order valence-electron chi connectivity index (χ1n) is 5.49. The Morgan fingerprint density at radius 1 is 1.38 bits per heavy atom. The average molecular weight is 373 g/mol. The van der Waals surface area contributed by atoms with E-state index in [0.717, 1.165) is 12.1 Å². The minimum atomic E-state index is -1.28. The molecule has 0 aliphatic rings. The van der Waals surface area contributed by atoms with Crippen molar-refractivity contribution in [1.82, 2.24) is 4.98 Å². The van der Waals surface area contributed by atoms with Gasteiger partial charge in [0.25, 0.3) is 0 Å². The first-order chi connectivity index (χ1) is 9.88. The molecule has 0 aliphatic heterocycles. The number of benzene rings is 1. The highest BCUT2D eigenvalue weighted by Crippen LogP contribution is 2.30. The number of pyridine rings is 1. The van der Waals surface area contributed by atoms with Gasteiger partial charge in [-0.25, -0.2) is 9.78 Å². The average Bonchev–Trinajstić information content (AvgIpc) is 2.42. The van der Waals surface area contributed by atoms with E-state index < -0.39 is 10.9 Å². The Labute approximate surface area is 131 Å². The molecule has 0 spiro atoms. The molecule has 9 heteroatoms. The predicted octanol–water partition coefficient (Wildman–Crippen LogP) is 3.85. The minimum absolute atomic E-state index is 0.168. The summed E-state index contributed by atoms with van der Waals surface area (Å²) in [5.41, 5.74) is -0.188. The molecule has 0 saturated heterocycles. The van der Waals surface area contributed by atoms with Crippen molar-refractivity contribution in [2.24, 2.45) is 0 Å². The van der Waals surface area contributed by atoms with Crippen LogP contribution in [0.1, 0.15) is 10.5 Å². The summed E-state index contributed by atoms with van der Waals surface area (Å²) in [6.07, 6.45) is 0. The first-order valence-corrected chi connectivity index (χ1v) is 6.66. The maximum Gasteiger partial charge on any atom is 0.354 e. The lowest BCUT2D eigenvalue weighted by atomic mass is 10.3. The normalized spacial score (nSPS) is 10.2. The Balaban J connectivity index is 2.45. The number of anilines is 2. The summed E-state index contributed by atoms with van der Waals surface area (Å²) >= 11 is 9.15. The molecule has 1 heterocycles. The molecule has 0 aliphatic carbocycles. The summed E-state index contributed by atoms with van der Waals surface area (Å²) in [6, 6.07) is 6.95. The van der Waals surface area contributed by atoms with Gasteiger partial charge in [0.15, 0.2) is 5.69 Å². The van der Waals surface area contributed by atoms with Crippen LogP contribution in [0, 0.1) is 10.1 Å². The summed E-state index contributed by atoms with van der Waals surface area (Å²) in [7, 11) is 0. The van der Waals surface area contributed by atoms with Gasteiger partial charge in [0, 0.05) is 16.2 Å². The van der Waals surface area contributed by atoms with Crippen LogP contribution in [0.5, 0.6) is 0 Å². The van der Waals surface area contributed by atoms with Gasteiger partial charge in [-0.05, 0) is 40.2 Å². The van der Waals surface area contributed by atoms with Crippen molar-refractivity contribution < 1.29 is 14.8 Å². The van der Waals surface area contributed by atoms with Gasteiger partial charge in [-0.1, -0.05) is 11.6 Å². The highest BCUT2D eigenvalue weighted by molar-refractivity contribution is 9.10. The van der Waals surface area contributed by atoms with E-state index >= 15 is 0 Å². The number of carbonyl (C=O) groups is 1. The Morgan fingerprint density at radius 3 is 2.67 bits per heavy atom. The third-order valence-corrected chi connectivity index (χ3v) is 3.70. The van der Waals surface area contributed by atoms with E-state index in [1.54, 1.807) is 12.1 Å². The number of aromatic carboxylic acids is 1. The highest BCUT2D eigenvalue weighted by Gasteiger charge is 2.18. The van der Waals surface area contributed by atoms with Crippen molar-refractivity contribution in [1.29, 1.82) is 0 Å². The lowest BCUT2D eigenvalue weighted by Gasteiger charge is -2.08. The molecule has 108 valence electrons. The molecule has 0 bridgehead atoms. The molecule has 1 aromatic carbocycles. The summed E-state index contributed by atoms with van der Waals surface area (Å²) in [5.74, 6) is -1.44. The second-order valence-corrected chi connectivity index (χ2v) is 5.14. The van der Waals surface area contributed by atoms with E-state index in [1.165, 1.54) is 6.07 Å². The van der Waals surface area contributed by atoms with Crippen molar-refractivity contribution in [3.8, 4) is 0 Å². The molecular formula is C12H7BrClN3O4. The van der Waals surface area contributed by atoms with E-state index in [2.05, 4.69) is 26.2 Å². The molecule has 0 saturated carbocycles. The Kier molecular flexibility index (Phi) is 4.39. The Morgan fingerprint density at radius 2 is 2.10 bits per heavy atom. The number of halogens is 2. The minimum Gasteiger partial charge on any atom is -0.477 e. The predicted molar refractivity (Wildman–Crippen MR) is 80.3 cm³/mol. The third-order valence-electron chi connectivity index (χ3n) is 2.47. The molecule has 2 aromatic rings. The zero-order valence-electron chi connectivity index (χ0n) is 10.2. The zero-order valence-corrected chi connectivity index (χ0v) is 12.6. The van der Waals surface area contributed by atoms with Crippen LogP contribution in [-0.4, -0.2) is 21.0 Å². The van der Waals surface area contributed by atoms with Gasteiger partial charge in [-0.15, -0.1) is 0 Å². The van der Waals surface area contributed by atoms with Crippen LogP contribution in [0.4, 0.5) is 17.2 Å². The summed E-state index contributed by atoms with van der Waals surface area (Å²) in [6.45, 7) is 0. The van der Waals surface area contributed by atoms with E-state index in [1.807, 2.05) is 0 Å². The van der Waals surface area contributed by atoms with Gasteiger partial charge < -0.3 is 10.4 Å². The van der Waals surface area contributed by atoms with Crippen molar-refractivity contribution in [3.05, 3.63) is 55.6 Å². The summed E-state index contributed by atoms with van der Waals surface area (Å²) < 4.78 is 0.663. The maximum absolute atomic E-state index is 11.0. The van der Waals surface area contributed by atoms with Crippen LogP contribution < -0.4 is 5.32 Å². The number of hydrogen-bond acceptors (Lipinski definition) is 5. The van der Waals surface area contributed by atoms with Crippen LogP contribution in [0.15, 0.2) is 34.8 Å². The second kappa shape index (κ2) is 6.06. The van der Waals surface area contributed by atoms with Crippen LogP contribution in [0.3, 0.4) is 0 Å². The fourth-order valence-electron chi connectivity index (χ4n) is 1.52. The summed E-state index contributed by atoms with van der Waals surface area (Å²) in [5, 5.41) is 23.0. The zero-order chi connectivity index (χ0) is 15.6. The van der Waals surface area contributed by atoms with E-state index in [4.69, 9.17) is 16.7 Å². The number of rotatable bonds is 4. The van der Waals surface area contributed by atoms with Crippen molar-refractivity contribution in [2.75, 3.05) is 5.32 Å². The topological polar surface area (TPSA) is 105 Å². The van der Waals surface area contributed by atoms with Crippen LogP contribution >= 0.6 is 27.5 Å². The number of carboxylic acid groups (broad SMARTS) is 1. The van der Waals surface area contributed by atoms with Gasteiger partial charge >= 0.3 is 11.7 Å². The molecule has 0 unspecified atom stereocenters. The number of nitrogens with zero attached hydrogens (tertiary/aromatic N) is 2. The fraction of sp³-hybridized carbons (Fsp3) is 0. The molecular weight excluding hydrogens is 366 g/mol. The second-order valence-electron chi connectivity index (χ2n) is 3.88. The Hall–Kier alpha value is -2.19. The van der Waals surface area contributed by atoms with Crippen LogP contribution in [-0.2, 0) is 0 Å². The van der Waals surface area contributed by atoms with Crippen LogP contribution in [0.2, 0.25) is 5.02 Å². The lowest BCUT2D eigenvalue weighted by molar-refractivity contribution is -0.384. The number of nitrogens with one attached hydrogen (secondary N) is 1. The SMILES string of the molecule is O=C(O)c1ccc([N+](=O)[O-])c(Nc2ccc(Br)c(Cl)c2)n1. The van der Waals surface area contributed by atoms with Crippen LogP contribution in [0.25, 0.3) is 0 Å². The number of nitro groups is 1. The monoisotopic (exact) mass is 371 g/mol. The number of carboxylic acids is 1. The largest absolute Gasteiger partial charge is 0.477 e. The first kappa shape index (κ1) is 15.2. The third kappa shape index (κ3) is 3.47. The summed E-state index contributed by atoms with van der Waals surface area (Å²) in [4.78, 5) is 24.9. The number of aromatic nitrogens is 1. The maximum atomic E-state index is 11.0. The van der Waals surface area contributed by atoms with Crippen molar-refractivity contribution in [2.45, 2.75) is 0 Å². The lowest BCUT2D eigenvalue weighted by Crippen LogP contribution is -2.06. The van der Waals surface area contributed by atoms with Gasteiger partial charge in [0.2, 0.25) is 5.82 Å².